The number of fused-ring (bicyclic) bond motifs is 1. The Morgan fingerprint density at radius 3 is 2.89 bits per heavy atom. The Morgan fingerprint density at radius 1 is 1.26 bits per heavy atom. The van der Waals surface area contributed by atoms with Crippen LogP contribution in [0.3, 0.4) is 0 Å². The maximum Gasteiger partial charge on any atom is 0.302 e. The molecular weight excluding hydrogens is 245 g/mol. The van der Waals surface area contributed by atoms with E-state index in [2.05, 4.69) is 4.57 Å². The Hall–Kier alpha value is -1.84. The third kappa shape index (κ3) is 3.81. The summed E-state index contributed by atoms with van der Waals surface area (Å²) >= 11 is 0. The standard InChI is InChI=1S/C15H18FNO2/c1-12(18)19-10-4-2-3-8-17-9-7-13-5-6-14(16)11-15(13)17/h5-7,9,11H,2-4,8,10H2,1H3. The van der Waals surface area contributed by atoms with Gasteiger partial charge in [0.25, 0.3) is 0 Å². The summed E-state index contributed by atoms with van der Waals surface area (Å²) in [6.45, 7) is 2.75. The minimum atomic E-state index is -0.230. The largest absolute Gasteiger partial charge is 0.466 e. The van der Waals surface area contributed by atoms with Gasteiger partial charge in [-0.3, -0.25) is 4.79 Å². The number of hydrogen-bond acceptors (Lipinski definition) is 2. The van der Waals surface area contributed by atoms with Crippen LogP contribution in [-0.2, 0) is 16.1 Å². The Labute approximate surface area is 112 Å². The highest BCUT2D eigenvalue weighted by molar-refractivity contribution is 5.80. The number of unbranched alkanes of at least 4 members (excludes halogenated alkanes) is 2. The van der Waals surface area contributed by atoms with Crippen LogP contribution in [0.2, 0.25) is 0 Å². The van der Waals surface area contributed by atoms with Crippen LogP contribution in [-0.4, -0.2) is 17.1 Å². The lowest BCUT2D eigenvalue weighted by molar-refractivity contribution is -0.141. The number of rotatable bonds is 6. The highest BCUT2D eigenvalue weighted by atomic mass is 19.1. The number of carbonyl (C=O) groups is 1. The fourth-order valence-corrected chi connectivity index (χ4v) is 2.13. The van der Waals surface area contributed by atoms with E-state index in [-0.39, 0.29) is 11.8 Å². The minimum Gasteiger partial charge on any atom is -0.466 e. The molecular formula is C15H18FNO2. The molecule has 0 aliphatic heterocycles. The number of ether oxygens (including phenoxy) is 1. The molecule has 0 amide bonds. The second-order valence-corrected chi connectivity index (χ2v) is 4.61. The summed E-state index contributed by atoms with van der Waals surface area (Å²) in [7, 11) is 0. The van der Waals surface area contributed by atoms with Crippen LogP contribution in [0.5, 0.6) is 0 Å². The van der Waals surface area contributed by atoms with Crippen LogP contribution in [0.15, 0.2) is 30.5 Å². The van der Waals surface area contributed by atoms with E-state index in [0.29, 0.717) is 6.61 Å². The molecule has 0 N–H and O–H groups in total. The smallest absolute Gasteiger partial charge is 0.302 e. The zero-order chi connectivity index (χ0) is 13.7. The normalized spacial score (nSPS) is 10.8. The quantitative estimate of drug-likeness (QED) is 0.590. The number of hydrogen-bond donors (Lipinski definition) is 0. The van der Waals surface area contributed by atoms with E-state index < -0.39 is 0 Å². The summed E-state index contributed by atoms with van der Waals surface area (Å²) in [4.78, 5) is 10.6. The van der Waals surface area contributed by atoms with Gasteiger partial charge >= 0.3 is 5.97 Å². The number of nitrogens with zero attached hydrogens (tertiary/aromatic N) is 1. The molecule has 0 fully saturated rings. The zero-order valence-corrected chi connectivity index (χ0v) is 11.1. The number of benzene rings is 1. The van der Waals surface area contributed by atoms with Gasteiger partial charge in [-0.1, -0.05) is 0 Å². The summed E-state index contributed by atoms with van der Waals surface area (Å²) in [5.41, 5.74) is 0.931. The van der Waals surface area contributed by atoms with E-state index in [1.165, 1.54) is 13.0 Å². The first kappa shape index (κ1) is 13.6. The summed E-state index contributed by atoms with van der Waals surface area (Å²) in [5.74, 6) is -0.436. The zero-order valence-electron chi connectivity index (χ0n) is 11.1. The third-order valence-corrected chi connectivity index (χ3v) is 3.08. The van der Waals surface area contributed by atoms with E-state index in [0.717, 1.165) is 36.7 Å². The summed E-state index contributed by atoms with van der Waals surface area (Å²) in [6.07, 6.45) is 4.83. The van der Waals surface area contributed by atoms with Crippen molar-refractivity contribution >= 4 is 16.9 Å². The fourth-order valence-electron chi connectivity index (χ4n) is 2.13. The molecule has 0 bridgehead atoms. The van der Waals surface area contributed by atoms with Gasteiger partial charge in [-0.25, -0.2) is 4.39 Å². The number of halogens is 1. The first-order valence-electron chi connectivity index (χ1n) is 6.54. The van der Waals surface area contributed by atoms with E-state index in [1.807, 2.05) is 12.3 Å². The van der Waals surface area contributed by atoms with E-state index in [1.54, 1.807) is 12.1 Å². The van der Waals surface area contributed by atoms with Gasteiger partial charge in [0.15, 0.2) is 0 Å². The molecule has 1 heterocycles. The van der Waals surface area contributed by atoms with Crippen molar-refractivity contribution in [2.24, 2.45) is 0 Å². The molecule has 0 atom stereocenters. The van der Waals surface area contributed by atoms with Crippen LogP contribution in [0.25, 0.3) is 10.9 Å². The Balaban J connectivity index is 1.81. The SMILES string of the molecule is CC(=O)OCCCCCn1ccc2ccc(F)cc21. The number of aromatic nitrogens is 1. The topological polar surface area (TPSA) is 31.2 Å². The Bertz CT molecular complexity index is 562. The molecule has 0 spiro atoms. The molecule has 102 valence electrons. The summed E-state index contributed by atoms with van der Waals surface area (Å²) in [5, 5.41) is 1.06. The Morgan fingerprint density at radius 2 is 2.11 bits per heavy atom. The minimum absolute atomic E-state index is 0.206. The van der Waals surface area contributed by atoms with Gasteiger partial charge in [-0.05, 0) is 48.9 Å². The van der Waals surface area contributed by atoms with Gasteiger partial charge in [-0.15, -0.1) is 0 Å². The van der Waals surface area contributed by atoms with Crippen molar-refractivity contribution in [2.45, 2.75) is 32.7 Å². The van der Waals surface area contributed by atoms with Gasteiger partial charge in [0.1, 0.15) is 5.82 Å². The molecule has 0 aliphatic carbocycles. The first-order valence-corrected chi connectivity index (χ1v) is 6.54. The predicted molar refractivity (Wildman–Crippen MR) is 72.4 cm³/mol. The number of aryl methyl sites for hydroxylation is 1. The molecule has 4 heteroatoms. The molecule has 0 saturated heterocycles. The molecule has 1 aromatic heterocycles. The summed E-state index contributed by atoms with van der Waals surface area (Å²) in [6, 6.07) is 6.83. The van der Waals surface area contributed by atoms with Crippen LogP contribution in [0.4, 0.5) is 4.39 Å². The fraction of sp³-hybridized carbons (Fsp3) is 0.400. The lowest BCUT2D eigenvalue weighted by atomic mass is 10.2. The van der Waals surface area contributed by atoms with Gasteiger partial charge < -0.3 is 9.30 Å². The van der Waals surface area contributed by atoms with Crippen LogP contribution in [0, 0.1) is 5.82 Å². The third-order valence-electron chi connectivity index (χ3n) is 3.08. The lowest BCUT2D eigenvalue weighted by Gasteiger charge is -2.06. The van der Waals surface area contributed by atoms with Crippen molar-refractivity contribution in [3.05, 3.63) is 36.3 Å². The first-order chi connectivity index (χ1) is 9.16. The van der Waals surface area contributed by atoms with Crippen LogP contribution < -0.4 is 0 Å². The maximum atomic E-state index is 13.2. The Kier molecular flexibility index (Phi) is 4.55. The van der Waals surface area contributed by atoms with Crippen molar-refractivity contribution in [2.75, 3.05) is 6.61 Å². The number of esters is 1. The highest BCUT2D eigenvalue weighted by Crippen LogP contribution is 2.17. The highest BCUT2D eigenvalue weighted by Gasteiger charge is 2.02. The van der Waals surface area contributed by atoms with Crippen molar-refractivity contribution in [3.63, 3.8) is 0 Å². The molecule has 0 radical (unpaired) electrons. The van der Waals surface area contributed by atoms with Crippen molar-refractivity contribution in [3.8, 4) is 0 Å². The van der Waals surface area contributed by atoms with Crippen LogP contribution >= 0.6 is 0 Å². The second kappa shape index (κ2) is 6.36. The molecule has 0 aliphatic rings. The van der Waals surface area contributed by atoms with E-state index >= 15 is 0 Å². The maximum absolute atomic E-state index is 13.2. The van der Waals surface area contributed by atoms with Crippen molar-refractivity contribution in [1.82, 2.24) is 4.57 Å². The second-order valence-electron chi connectivity index (χ2n) is 4.61. The molecule has 2 rings (SSSR count). The average Bonchev–Trinajstić information content (AvgIpc) is 2.76. The molecule has 1 aromatic carbocycles. The molecule has 2 aromatic rings. The van der Waals surface area contributed by atoms with E-state index in [4.69, 9.17) is 4.74 Å². The van der Waals surface area contributed by atoms with Gasteiger partial charge in [0.05, 0.1) is 12.1 Å². The molecule has 0 saturated carbocycles. The van der Waals surface area contributed by atoms with Crippen molar-refractivity contribution < 1.29 is 13.9 Å². The van der Waals surface area contributed by atoms with E-state index in [9.17, 15) is 9.18 Å². The lowest BCUT2D eigenvalue weighted by Crippen LogP contribution is -2.01. The summed E-state index contributed by atoms with van der Waals surface area (Å²) < 4.78 is 20.1. The molecule has 0 unspecified atom stereocenters. The van der Waals surface area contributed by atoms with Gasteiger partial charge in [0, 0.05) is 19.7 Å². The molecule has 3 nitrogen and oxygen atoms in total. The molecule has 19 heavy (non-hydrogen) atoms. The van der Waals surface area contributed by atoms with Crippen molar-refractivity contribution in [1.29, 1.82) is 0 Å². The monoisotopic (exact) mass is 263 g/mol. The number of carbonyl (C=O) groups excluding carboxylic acids is 1. The van der Waals surface area contributed by atoms with Gasteiger partial charge in [0.2, 0.25) is 0 Å². The van der Waals surface area contributed by atoms with Crippen LogP contribution in [0.1, 0.15) is 26.2 Å². The predicted octanol–water partition coefficient (Wildman–Crippen LogP) is 3.51. The average molecular weight is 263 g/mol. The van der Waals surface area contributed by atoms with Gasteiger partial charge in [-0.2, -0.15) is 0 Å².